The van der Waals surface area contributed by atoms with Gasteiger partial charge in [-0.15, -0.1) is 0 Å². The molecule has 4 aromatic rings. The number of aryl methyl sites for hydroxylation is 3. The molecule has 0 aliphatic carbocycles. The number of anilines is 1. The highest BCUT2D eigenvalue weighted by Gasteiger charge is 2.12. The highest BCUT2D eigenvalue weighted by Crippen LogP contribution is 2.22. The van der Waals surface area contributed by atoms with Gasteiger partial charge in [0, 0.05) is 29.3 Å². The van der Waals surface area contributed by atoms with Crippen molar-refractivity contribution in [3.63, 3.8) is 0 Å². The lowest BCUT2D eigenvalue weighted by Crippen LogP contribution is -2.22. The van der Waals surface area contributed by atoms with Crippen LogP contribution in [0.4, 0.5) is 5.69 Å². The van der Waals surface area contributed by atoms with Gasteiger partial charge in [0.2, 0.25) is 5.91 Å². The molecule has 174 valence electrons. The Morgan fingerprint density at radius 1 is 1.00 bits per heavy atom. The van der Waals surface area contributed by atoms with E-state index in [0.29, 0.717) is 23.0 Å². The number of nitrogens with zero attached hydrogens (tertiary/aromatic N) is 2. The van der Waals surface area contributed by atoms with E-state index in [2.05, 4.69) is 21.7 Å². The Kier molecular flexibility index (Phi) is 7.18. The van der Waals surface area contributed by atoms with Crippen LogP contribution >= 0.6 is 11.8 Å². The second-order valence-corrected chi connectivity index (χ2v) is 8.98. The Hall–Kier alpha value is -3.78. The molecule has 0 spiro atoms. The fraction of sp³-hybridized carbons (Fsp3) is 0.192. The second-order valence-electron chi connectivity index (χ2n) is 8.03. The SMILES string of the molecule is Cc1cc(C)cc(NC(=O)CSc2nccn2-c2ccc(C(=O)NCc3ccc(C)o3)cc2)c1. The van der Waals surface area contributed by atoms with Crippen LogP contribution in [0.1, 0.15) is 33.0 Å². The molecule has 2 aromatic heterocycles. The fourth-order valence-electron chi connectivity index (χ4n) is 3.59. The maximum atomic E-state index is 12.4. The molecular formula is C26H26N4O3S. The smallest absolute Gasteiger partial charge is 0.251 e. The minimum atomic E-state index is -0.177. The maximum Gasteiger partial charge on any atom is 0.251 e. The van der Waals surface area contributed by atoms with Gasteiger partial charge in [-0.25, -0.2) is 4.98 Å². The largest absolute Gasteiger partial charge is 0.465 e. The first-order chi connectivity index (χ1) is 16.4. The van der Waals surface area contributed by atoms with Crippen LogP contribution in [0.25, 0.3) is 5.69 Å². The predicted molar refractivity (Wildman–Crippen MR) is 133 cm³/mol. The molecule has 0 fully saturated rings. The van der Waals surface area contributed by atoms with Gasteiger partial charge >= 0.3 is 0 Å². The topological polar surface area (TPSA) is 89.2 Å². The summed E-state index contributed by atoms with van der Waals surface area (Å²) >= 11 is 1.35. The van der Waals surface area contributed by atoms with Crippen molar-refractivity contribution in [2.24, 2.45) is 0 Å². The molecule has 0 saturated carbocycles. The summed E-state index contributed by atoms with van der Waals surface area (Å²) in [5, 5.41) is 6.49. The fourth-order valence-corrected chi connectivity index (χ4v) is 4.36. The summed E-state index contributed by atoms with van der Waals surface area (Å²) in [4.78, 5) is 29.3. The zero-order chi connectivity index (χ0) is 24.1. The number of amides is 2. The van der Waals surface area contributed by atoms with Crippen LogP contribution in [0.15, 0.2) is 76.6 Å². The summed E-state index contributed by atoms with van der Waals surface area (Å²) < 4.78 is 7.37. The van der Waals surface area contributed by atoms with Crippen LogP contribution < -0.4 is 10.6 Å². The monoisotopic (exact) mass is 474 g/mol. The standard InChI is InChI=1S/C26H26N4O3S/c1-17-12-18(2)14-21(13-17)29-24(31)16-34-26-27-10-11-30(26)22-7-5-20(6-8-22)25(32)28-15-23-9-4-19(3)33-23/h4-14H,15-16H2,1-3H3,(H,28,32)(H,29,31). The Bertz CT molecular complexity index is 1290. The van der Waals surface area contributed by atoms with E-state index in [9.17, 15) is 9.59 Å². The third-order valence-corrected chi connectivity index (χ3v) is 6.04. The van der Waals surface area contributed by atoms with Crippen molar-refractivity contribution in [1.29, 1.82) is 0 Å². The van der Waals surface area contributed by atoms with Gasteiger partial charge in [-0.05, 0) is 80.4 Å². The van der Waals surface area contributed by atoms with E-state index < -0.39 is 0 Å². The molecule has 0 radical (unpaired) electrons. The molecule has 2 aromatic carbocycles. The molecule has 2 N–H and O–H groups in total. The lowest BCUT2D eigenvalue weighted by Gasteiger charge is -2.10. The molecule has 0 saturated heterocycles. The van der Waals surface area contributed by atoms with Gasteiger partial charge in [0.15, 0.2) is 5.16 Å². The van der Waals surface area contributed by atoms with Gasteiger partial charge in [0.25, 0.3) is 5.91 Å². The van der Waals surface area contributed by atoms with Crippen molar-refractivity contribution in [3.8, 4) is 5.69 Å². The number of nitrogens with one attached hydrogen (secondary N) is 2. The molecule has 0 aliphatic rings. The first-order valence-corrected chi connectivity index (χ1v) is 11.8. The number of furan rings is 1. The van der Waals surface area contributed by atoms with Crippen LogP contribution in [0.3, 0.4) is 0 Å². The van der Waals surface area contributed by atoms with Gasteiger partial charge in [-0.1, -0.05) is 17.8 Å². The predicted octanol–water partition coefficient (Wildman–Crippen LogP) is 5.05. The third kappa shape index (κ3) is 5.96. The Morgan fingerprint density at radius 3 is 2.41 bits per heavy atom. The highest BCUT2D eigenvalue weighted by molar-refractivity contribution is 7.99. The van der Waals surface area contributed by atoms with E-state index >= 15 is 0 Å². The number of aromatic nitrogens is 2. The first kappa shape index (κ1) is 23.4. The average Bonchev–Trinajstić information content (AvgIpc) is 3.44. The summed E-state index contributed by atoms with van der Waals surface area (Å²) in [5.41, 5.74) is 4.41. The summed E-state index contributed by atoms with van der Waals surface area (Å²) in [5.74, 6) is 1.48. The van der Waals surface area contributed by atoms with Crippen LogP contribution in [0.5, 0.6) is 0 Å². The number of carbonyl (C=O) groups is 2. The number of imidazole rings is 1. The molecule has 2 heterocycles. The Labute approximate surface area is 202 Å². The van der Waals surface area contributed by atoms with Crippen molar-refractivity contribution < 1.29 is 14.0 Å². The maximum absolute atomic E-state index is 12.4. The highest BCUT2D eigenvalue weighted by atomic mass is 32.2. The zero-order valence-corrected chi connectivity index (χ0v) is 20.1. The number of benzene rings is 2. The van der Waals surface area contributed by atoms with E-state index in [1.54, 1.807) is 18.3 Å². The van der Waals surface area contributed by atoms with Crippen molar-refractivity contribution in [2.75, 3.05) is 11.1 Å². The normalized spacial score (nSPS) is 10.8. The lowest BCUT2D eigenvalue weighted by molar-refractivity contribution is -0.113. The van der Waals surface area contributed by atoms with E-state index in [1.165, 1.54) is 11.8 Å². The molecule has 0 unspecified atom stereocenters. The molecule has 7 nitrogen and oxygen atoms in total. The summed E-state index contributed by atoms with van der Waals surface area (Å²) in [7, 11) is 0. The molecule has 2 amide bonds. The quantitative estimate of drug-likeness (QED) is 0.349. The Balaban J connectivity index is 1.35. The van der Waals surface area contributed by atoms with Gasteiger partial charge in [-0.3, -0.25) is 14.2 Å². The van der Waals surface area contributed by atoms with E-state index in [1.807, 2.05) is 67.9 Å². The average molecular weight is 475 g/mol. The Morgan fingerprint density at radius 2 is 1.74 bits per heavy atom. The van der Waals surface area contributed by atoms with E-state index in [-0.39, 0.29) is 17.6 Å². The zero-order valence-electron chi connectivity index (χ0n) is 19.3. The van der Waals surface area contributed by atoms with Crippen molar-refractivity contribution in [2.45, 2.75) is 32.5 Å². The minimum absolute atomic E-state index is 0.0941. The minimum Gasteiger partial charge on any atom is -0.465 e. The number of carbonyl (C=O) groups excluding carboxylic acids is 2. The van der Waals surface area contributed by atoms with Gasteiger partial charge < -0.3 is 15.1 Å². The summed E-state index contributed by atoms with van der Waals surface area (Å²) in [6, 6.07) is 16.9. The first-order valence-electron chi connectivity index (χ1n) is 10.9. The molecular weight excluding hydrogens is 448 g/mol. The number of hydrogen-bond acceptors (Lipinski definition) is 5. The van der Waals surface area contributed by atoms with E-state index in [0.717, 1.165) is 28.3 Å². The molecule has 8 heteroatoms. The van der Waals surface area contributed by atoms with Gasteiger partial charge in [0.1, 0.15) is 11.5 Å². The van der Waals surface area contributed by atoms with Crippen molar-refractivity contribution in [3.05, 3.63) is 95.2 Å². The van der Waals surface area contributed by atoms with E-state index in [4.69, 9.17) is 4.42 Å². The van der Waals surface area contributed by atoms with Gasteiger partial charge in [0.05, 0.1) is 12.3 Å². The van der Waals surface area contributed by atoms with Crippen LogP contribution in [0, 0.1) is 20.8 Å². The van der Waals surface area contributed by atoms with Crippen LogP contribution in [0.2, 0.25) is 0 Å². The summed E-state index contributed by atoms with van der Waals surface area (Å²) in [6.07, 6.45) is 3.52. The lowest BCUT2D eigenvalue weighted by atomic mass is 10.1. The molecule has 0 atom stereocenters. The summed E-state index contributed by atoms with van der Waals surface area (Å²) in [6.45, 7) is 6.21. The van der Waals surface area contributed by atoms with Crippen LogP contribution in [-0.4, -0.2) is 27.1 Å². The number of rotatable bonds is 8. The van der Waals surface area contributed by atoms with Gasteiger partial charge in [-0.2, -0.15) is 0 Å². The molecule has 0 bridgehead atoms. The van der Waals surface area contributed by atoms with Crippen molar-refractivity contribution >= 4 is 29.3 Å². The number of thioether (sulfide) groups is 1. The third-order valence-electron chi connectivity index (χ3n) is 5.07. The number of hydrogen-bond donors (Lipinski definition) is 2. The second kappa shape index (κ2) is 10.4. The molecule has 4 rings (SSSR count). The molecule has 34 heavy (non-hydrogen) atoms. The van der Waals surface area contributed by atoms with Crippen LogP contribution in [-0.2, 0) is 11.3 Å². The molecule has 0 aliphatic heterocycles. The van der Waals surface area contributed by atoms with Crippen molar-refractivity contribution in [1.82, 2.24) is 14.9 Å².